The van der Waals surface area contributed by atoms with Crippen LogP contribution in [0, 0.1) is 5.92 Å². The molecule has 4 rings (SSSR count). The second kappa shape index (κ2) is 7.61. The maximum Gasteiger partial charge on any atom is 0.573 e. The number of halogens is 6. The van der Waals surface area contributed by atoms with Gasteiger partial charge < -0.3 is 14.8 Å². The number of benzene rings is 2. The SMILES string of the molecule is CC1C2COc3cc(C(F)(F)F)ccc3C2=NN1C(=O)Nc1ccc(OC(F)(F)F)cc1. The Kier molecular flexibility index (Phi) is 5.18. The fourth-order valence-electron chi connectivity index (χ4n) is 3.51. The molecule has 0 aromatic heterocycles. The van der Waals surface area contributed by atoms with E-state index in [2.05, 4.69) is 15.2 Å². The standard InChI is InChI=1S/C20H15F6N3O3/c1-10-15-9-31-16-8-11(19(21,22)23)2-7-14(16)17(15)28-29(10)18(30)27-12-3-5-13(6-4-12)32-20(24,25)26/h2-8,10,15H,9H2,1H3,(H,27,30). The molecule has 0 spiro atoms. The average molecular weight is 459 g/mol. The molecule has 0 bridgehead atoms. The number of alkyl halides is 6. The molecule has 12 heteroatoms. The third-order valence-corrected chi connectivity index (χ3v) is 5.09. The van der Waals surface area contributed by atoms with Gasteiger partial charge in [0.2, 0.25) is 0 Å². The number of fused-ring (bicyclic) bond motifs is 3. The summed E-state index contributed by atoms with van der Waals surface area (Å²) in [4.78, 5) is 12.7. The summed E-state index contributed by atoms with van der Waals surface area (Å²) < 4.78 is 84.9. The highest BCUT2D eigenvalue weighted by Gasteiger charge is 2.43. The molecular weight excluding hydrogens is 444 g/mol. The third kappa shape index (κ3) is 4.30. The van der Waals surface area contributed by atoms with Crippen molar-refractivity contribution < 1.29 is 40.6 Å². The molecule has 0 saturated heterocycles. The van der Waals surface area contributed by atoms with Gasteiger partial charge in [-0.05, 0) is 49.4 Å². The Bertz CT molecular complexity index is 1070. The van der Waals surface area contributed by atoms with E-state index in [4.69, 9.17) is 4.74 Å². The van der Waals surface area contributed by atoms with Gasteiger partial charge in [0.1, 0.15) is 11.5 Å². The van der Waals surface area contributed by atoms with Crippen LogP contribution in [-0.2, 0) is 6.18 Å². The fraction of sp³-hybridized carbons (Fsp3) is 0.300. The first-order chi connectivity index (χ1) is 14.9. The summed E-state index contributed by atoms with van der Waals surface area (Å²) in [5, 5.41) is 7.95. The summed E-state index contributed by atoms with van der Waals surface area (Å²) in [5.74, 6) is -0.764. The minimum atomic E-state index is -4.83. The van der Waals surface area contributed by atoms with Gasteiger partial charge in [0.05, 0.1) is 29.8 Å². The van der Waals surface area contributed by atoms with Crippen molar-refractivity contribution in [1.29, 1.82) is 0 Å². The summed E-state index contributed by atoms with van der Waals surface area (Å²) in [6.07, 6.45) is -9.35. The number of urea groups is 1. The second-order valence-corrected chi connectivity index (χ2v) is 7.20. The van der Waals surface area contributed by atoms with Crippen LogP contribution >= 0.6 is 0 Å². The largest absolute Gasteiger partial charge is 0.573 e. The zero-order valence-corrected chi connectivity index (χ0v) is 16.3. The van der Waals surface area contributed by atoms with Crippen LogP contribution in [0.3, 0.4) is 0 Å². The Morgan fingerprint density at radius 1 is 1.12 bits per heavy atom. The zero-order chi connectivity index (χ0) is 23.3. The Morgan fingerprint density at radius 2 is 1.81 bits per heavy atom. The summed E-state index contributed by atoms with van der Waals surface area (Å²) in [6.45, 7) is 1.75. The number of nitrogens with one attached hydrogen (secondary N) is 1. The van der Waals surface area contributed by atoms with Crippen molar-refractivity contribution >= 4 is 17.4 Å². The number of hydrogen-bond donors (Lipinski definition) is 1. The summed E-state index contributed by atoms with van der Waals surface area (Å²) in [7, 11) is 0. The van der Waals surface area contributed by atoms with Crippen molar-refractivity contribution in [3.05, 3.63) is 53.6 Å². The summed E-state index contributed by atoms with van der Waals surface area (Å²) in [6, 6.07) is 6.52. The molecular formula is C20H15F6N3O3. The summed E-state index contributed by atoms with van der Waals surface area (Å²) >= 11 is 0. The average Bonchev–Trinajstić information content (AvgIpc) is 3.04. The van der Waals surface area contributed by atoms with Gasteiger partial charge in [-0.2, -0.15) is 18.3 Å². The number of carbonyl (C=O) groups excluding carboxylic acids is 1. The first-order valence-corrected chi connectivity index (χ1v) is 9.31. The lowest BCUT2D eigenvalue weighted by atomic mass is 9.89. The molecule has 2 atom stereocenters. The first kappa shape index (κ1) is 21.8. The van der Waals surface area contributed by atoms with Gasteiger partial charge in [-0.3, -0.25) is 0 Å². The van der Waals surface area contributed by atoms with Crippen LogP contribution in [0.5, 0.6) is 11.5 Å². The van der Waals surface area contributed by atoms with Crippen molar-refractivity contribution in [1.82, 2.24) is 5.01 Å². The molecule has 2 amide bonds. The number of carbonyl (C=O) groups is 1. The molecule has 2 heterocycles. The second-order valence-electron chi connectivity index (χ2n) is 7.20. The highest BCUT2D eigenvalue weighted by molar-refractivity contribution is 6.08. The maximum absolute atomic E-state index is 13.0. The minimum Gasteiger partial charge on any atom is -0.492 e. The topological polar surface area (TPSA) is 63.2 Å². The number of hydrogen-bond acceptors (Lipinski definition) is 4. The molecule has 0 saturated carbocycles. The van der Waals surface area contributed by atoms with Crippen LogP contribution in [0.2, 0.25) is 0 Å². The van der Waals surface area contributed by atoms with E-state index in [1.807, 2.05) is 0 Å². The lowest BCUT2D eigenvalue weighted by Gasteiger charge is -2.27. The normalized spacial score (nSPS) is 20.1. The van der Waals surface area contributed by atoms with E-state index >= 15 is 0 Å². The van der Waals surface area contributed by atoms with Gasteiger partial charge in [-0.15, -0.1) is 13.2 Å². The lowest BCUT2D eigenvalue weighted by Crippen LogP contribution is -2.40. The molecule has 0 fully saturated rings. The van der Waals surface area contributed by atoms with Gasteiger partial charge in [-0.1, -0.05) is 0 Å². The van der Waals surface area contributed by atoms with Crippen LogP contribution in [0.1, 0.15) is 18.1 Å². The van der Waals surface area contributed by atoms with Crippen molar-refractivity contribution in [2.45, 2.75) is 25.5 Å². The predicted octanol–water partition coefficient (Wildman–Crippen LogP) is 5.25. The Hall–Kier alpha value is -3.44. The Balaban J connectivity index is 1.52. The molecule has 0 aliphatic carbocycles. The van der Waals surface area contributed by atoms with E-state index in [-0.39, 0.29) is 24.0 Å². The lowest BCUT2D eigenvalue weighted by molar-refractivity contribution is -0.274. The number of rotatable bonds is 2. The minimum absolute atomic E-state index is 0.0320. The van der Waals surface area contributed by atoms with Crippen LogP contribution in [0.4, 0.5) is 36.8 Å². The molecule has 32 heavy (non-hydrogen) atoms. The molecule has 0 radical (unpaired) electrons. The number of nitrogens with zero attached hydrogens (tertiary/aromatic N) is 2. The smallest absolute Gasteiger partial charge is 0.492 e. The van der Waals surface area contributed by atoms with Crippen molar-refractivity contribution in [3.8, 4) is 11.5 Å². The van der Waals surface area contributed by atoms with Crippen LogP contribution in [0.25, 0.3) is 0 Å². The van der Waals surface area contributed by atoms with Gasteiger partial charge in [0, 0.05) is 11.3 Å². The molecule has 2 unspecified atom stereocenters. The highest BCUT2D eigenvalue weighted by atomic mass is 19.4. The van der Waals surface area contributed by atoms with Gasteiger partial charge >= 0.3 is 18.6 Å². The molecule has 6 nitrogen and oxygen atoms in total. The molecule has 2 aromatic carbocycles. The van der Waals surface area contributed by atoms with Crippen molar-refractivity contribution in [2.24, 2.45) is 11.0 Å². The fourth-order valence-corrected chi connectivity index (χ4v) is 3.51. The molecule has 1 N–H and O–H groups in total. The van der Waals surface area contributed by atoms with E-state index in [1.165, 1.54) is 18.2 Å². The van der Waals surface area contributed by atoms with E-state index in [1.54, 1.807) is 6.92 Å². The first-order valence-electron chi connectivity index (χ1n) is 9.31. The number of ether oxygens (including phenoxy) is 2. The van der Waals surface area contributed by atoms with Crippen molar-refractivity contribution in [3.63, 3.8) is 0 Å². The summed E-state index contributed by atoms with van der Waals surface area (Å²) in [5.41, 5.74) is 0.147. The predicted molar refractivity (Wildman–Crippen MR) is 100 cm³/mol. The van der Waals surface area contributed by atoms with Gasteiger partial charge in [0.15, 0.2) is 0 Å². The Labute approximate surface area is 177 Å². The van der Waals surface area contributed by atoms with E-state index < -0.39 is 35.9 Å². The van der Waals surface area contributed by atoms with E-state index in [0.29, 0.717) is 11.3 Å². The molecule has 2 aliphatic rings. The molecule has 170 valence electrons. The number of anilines is 1. The number of amides is 2. The monoisotopic (exact) mass is 459 g/mol. The van der Waals surface area contributed by atoms with Crippen molar-refractivity contribution in [2.75, 3.05) is 11.9 Å². The van der Waals surface area contributed by atoms with Gasteiger partial charge in [-0.25, -0.2) is 9.80 Å². The third-order valence-electron chi connectivity index (χ3n) is 5.09. The highest BCUT2D eigenvalue weighted by Crippen LogP contribution is 2.39. The zero-order valence-electron chi connectivity index (χ0n) is 16.3. The molecule has 2 aromatic rings. The quantitative estimate of drug-likeness (QED) is 0.624. The van der Waals surface area contributed by atoms with Crippen LogP contribution in [0.15, 0.2) is 47.6 Å². The van der Waals surface area contributed by atoms with Gasteiger partial charge in [0.25, 0.3) is 0 Å². The van der Waals surface area contributed by atoms with Crippen LogP contribution < -0.4 is 14.8 Å². The van der Waals surface area contributed by atoms with E-state index in [9.17, 15) is 31.1 Å². The van der Waals surface area contributed by atoms with Crippen LogP contribution in [-0.4, -0.2) is 35.8 Å². The molecule has 2 aliphatic heterocycles. The Morgan fingerprint density at radius 3 is 2.44 bits per heavy atom. The number of hydrazone groups is 1. The maximum atomic E-state index is 13.0. The van der Waals surface area contributed by atoms with E-state index in [0.717, 1.165) is 29.3 Å².